The molecule has 9 heteroatoms. The minimum atomic E-state index is -0.212. The molecule has 3 rings (SSSR count). The largest absolute Gasteiger partial charge is 0.386 e. The molecule has 0 spiro atoms. The molecule has 4 N–H and O–H groups in total. The summed E-state index contributed by atoms with van der Waals surface area (Å²) in [5.74, 6) is 0.985. The van der Waals surface area contributed by atoms with Crippen LogP contribution in [0.1, 0.15) is 44.4 Å². The molecular formula is C26H39ClFN7. The molecule has 1 unspecified atom stereocenters. The molecule has 0 radical (unpaired) electrons. The van der Waals surface area contributed by atoms with E-state index in [0.717, 1.165) is 17.8 Å². The van der Waals surface area contributed by atoms with Crippen molar-refractivity contribution in [2.24, 2.45) is 21.5 Å². The lowest BCUT2D eigenvalue weighted by Gasteiger charge is -2.29. The summed E-state index contributed by atoms with van der Waals surface area (Å²) in [5, 5.41) is 4.01. The number of aromatic nitrogens is 1. The molecule has 1 aromatic carbocycles. The highest BCUT2D eigenvalue weighted by molar-refractivity contribution is 6.56. The number of fused-ring (bicyclic) bond motifs is 1. The van der Waals surface area contributed by atoms with E-state index in [4.69, 9.17) is 23.1 Å². The van der Waals surface area contributed by atoms with Crippen LogP contribution in [-0.4, -0.2) is 42.5 Å². The van der Waals surface area contributed by atoms with Crippen LogP contribution in [0.3, 0.4) is 0 Å². The van der Waals surface area contributed by atoms with Crippen LogP contribution in [0.15, 0.2) is 77.1 Å². The standard InChI is InChI=1S/C16H16ClFN4.C5H10N2.C3H7N.C2H6/c1-21-15(9-19-11-17)13-6-4-8-20-16(13)22(21)10-12-5-2-3-7-14(12)18;1-2-3-4-5(6)7;1-3-4-2;1-2/h2-8,11,15H,9-10H2,1H3;2,4H,1,3,6-7H2;3H,1-2H3;1-2H3. The van der Waals surface area contributed by atoms with Gasteiger partial charge in [-0.2, -0.15) is 0 Å². The molecule has 2 heterocycles. The van der Waals surface area contributed by atoms with E-state index < -0.39 is 0 Å². The van der Waals surface area contributed by atoms with E-state index in [1.807, 2.05) is 56.0 Å². The van der Waals surface area contributed by atoms with E-state index >= 15 is 0 Å². The van der Waals surface area contributed by atoms with Crippen molar-refractivity contribution in [3.8, 4) is 0 Å². The number of nitrogens with two attached hydrogens (primary N) is 2. The molecule has 7 nitrogen and oxygen atoms in total. The molecule has 0 bridgehead atoms. The van der Waals surface area contributed by atoms with E-state index in [-0.39, 0.29) is 11.9 Å². The highest BCUT2D eigenvalue weighted by Gasteiger charge is 2.34. The summed E-state index contributed by atoms with van der Waals surface area (Å²) in [6.07, 6.45) is 7.68. The molecule has 2 aromatic rings. The Morgan fingerprint density at radius 2 is 1.89 bits per heavy atom. The summed E-state index contributed by atoms with van der Waals surface area (Å²) in [4.78, 5) is 12.2. The van der Waals surface area contributed by atoms with Gasteiger partial charge in [0.2, 0.25) is 0 Å². The molecule has 0 fully saturated rings. The van der Waals surface area contributed by atoms with Crippen molar-refractivity contribution < 1.29 is 4.39 Å². The topological polar surface area (TPSA) is 96.1 Å². The van der Waals surface area contributed by atoms with Gasteiger partial charge in [0.15, 0.2) is 0 Å². The average molecular weight is 504 g/mol. The Bertz CT molecular complexity index is 939. The Kier molecular flexibility index (Phi) is 17.4. The number of rotatable bonds is 6. The maximum absolute atomic E-state index is 13.9. The number of halogens is 2. The van der Waals surface area contributed by atoms with Gasteiger partial charge in [-0.1, -0.05) is 55.8 Å². The van der Waals surface area contributed by atoms with Crippen LogP contribution < -0.4 is 16.5 Å². The van der Waals surface area contributed by atoms with Crippen LogP contribution >= 0.6 is 11.6 Å². The molecule has 1 aromatic heterocycles. The molecule has 1 aliphatic heterocycles. The van der Waals surface area contributed by atoms with Gasteiger partial charge in [0.1, 0.15) is 11.6 Å². The Labute approximate surface area is 214 Å². The Morgan fingerprint density at radius 1 is 1.23 bits per heavy atom. The van der Waals surface area contributed by atoms with Crippen molar-refractivity contribution in [3.05, 3.63) is 84.1 Å². The van der Waals surface area contributed by atoms with Gasteiger partial charge in [0, 0.05) is 31.4 Å². The minimum absolute atomic E-state index is 0.0467. The van der Waals surface area contributed by atoms with Crippen molar-refractivity contribution in [1.29, 1.82) is 0 Å². The molecule has 0 aliphatic carbocycles. The van der Waals surface area contributed by atoms with Crippen LogP contribution in [0.25, 0.3) is 0 Å². The molecular weight excluding hydrogens is 465 g/mol. The lowest BCUT2D eigenvalue weighted by Crippen LogP contribution is -2.37. The number of allylic oxidation sites excluding steroid dienone is 2. The van der Waals surface area contributed by atoms with E-state index in [9.17, 15) is 4.39 Å². The number of hydrazine groups is 1. The summed E-state index contributed by atoms with van der Waals surface area (Å²) in [6.45, 7) is 10.3. The predicted molar refractivity (Wildman–Crippen MR) is 149 cm³/mol. The second-order valence-corrected chi connectivity index (χ2v) is 7.06. The lowest BCUT2D eigenvalue weighted by atomic mass is 10.1. The van der Waals surface area contributed by atoms with Crippen molar-refractivity contribution >= 4 is 29.3 Å². The normalized spacial score (nSPS) is 14.1. The number of pyridine rings is 1. The Morgan fingerprint density at radius 3 is 2.40 bits per heavy atom. The molecule has 0 amide bonds. The number of likely N-dealkylation sites (N-methyl/N-ethyl adjacent to an activating group) is 1. The Balaban J connectivity index is 0.000000744. The quantitative estimate of drug-likeness (QED) is 0.403. The maximum Gasteiger partial charge on any atom is 0.148 e. The molecule has 1 aliphatic rings. The first kappa shape index (κ1) is 31.8. The zero-order chi connectivity index (χ0) is 26.6. The van der Waals surface area contributed by atoms with Crippen molar-refractivity contribution in [2.75, 3.05) is 25.6 Å². The van der Waals surface area contributed by atoms with Crippen LogP contribution in [0.4, 0.5) is 10.2 Å². The third kappa shape index (κ3) is 11.2. The van der Waals surface area contributed by atoms with E-state index in [2.05, 4.69) is 21.5 Å². The zero-order valence-corrected chi connectivity index (χ0v) is 22.2. The zero-order valence-electron chi connectivity index (χ0n) is 21.4. The fourth-order valence-electron chi connectivity index (χ4n) is 2.95. The first-order valence-corrected chi connectivity index (χ1v) is 11.8. The van der Waals surface area contributed by atoms with E-state index in [1.165, 1.54) is 11.7 Å². The van der Waals surface area contributed by atoms with Crippen molar-refractivity contribution in [2.45, 2.75) is 39.8 Å². The first-order valence-electron chi connectivity index (χ1n) is 11.4. The Hall–Kier alpha value is -3.23. The van der Waals surface area contributed by atoms with Crippen LogP contribution in [0.2, 0.25) is 0 Å². The SMILES string of the molecule is C=CCC=C(N)N.CC.CC=NC.CN1C(CN=CCl)c2cccnc2N1Cc1ccccc1F. The highest BCUT2D eigenvalue weighted by atomic mass is 35.5. The predicted octanol–water partition coefficient (Wildman–Crippen LogP) is 5.45. The monoisotopic (exact) mass is 503 g/mol. The summed E-state index contributed by atoms with van der Waals surface area (Å²) in [5.41, 5.74) is 13.1. The van der Waals surface area contributed by atoms with Gasteiger partial charge in [-0.15, -0.1) is 6.58 Å². The van der Waals surface area contributed by atoms with Crippen LogP contribution in [0, 0.1) is 5.82 Å². The van der Waals surface area contributed by atoms with Gasteiger partial charge in [-0.05, 0) is 37.8 Å². The number of hydrogen-bond donors (Lipinski definition) is 2. The second-order valence-electron chi connectivity index (χ2n) is 6.86. The summed E-state index contributed by atoms with van der Waals surface area (Å²) < 4.78 is 13.9. The fourth-order valence-corrected chi connectivity index (χ4v) is 3.03. The van der Waals surface area contributed by atoms with Gasteiger partial charge < -0.3 is 16.5 Å². The number of anilines is 1. The van der Waals surface area contributed by atoms with Gasteiger partial charge in [0.05, 0.1) is 30.6 Å². The molecule has 0 saturated heterocycles. The third-order valence-corrected chi connectivity index (χ3v) is 4.79. The molecule has 0 saturated carbocycles. The first-order chi connectivity index (χ1) is 16.9. The lowest BCUT2D eigenvalue weighted by molar-refractivity contribution is 0.249. The molecule has 35 heavy (non-hydrogen) atoms. The van der Waals surface area contributed by atoms with Gasteiger partial charge in [-0.25, -0.2) is 14.4 Å². The highest BCUT2D eigenvalue weighted by Crippen LogP contribution is 2.38. The molecule has 1 atom stereocenters. The van der Waals surface area contributed by atoms with E-state index in [0.29, 0.717) is 24.5 Å². The van der Waals surface area contributed by atoms with Crippen LogP contribution in [-0.2, 0) is 6.54 Å². The van der Waals surface area contributed by atoms with Gasteiger partial charge >= 0.3 is 0 Å². The number of aliphatic imine (C=N–C) groups is 2. The summed E-state index contributed by atoms with van der Waals surface area (Å²) in [6, 6.07) is 10.8. The van der Waals surface area contributed by atoms with Crippen LogP contribution in [0.5, 0.6) is 0 Å². The van der Waals surface area contributed by atoms with Crippen molar-refractivity contribution in [3.63, 3.8) is 0 Å². The van der Waals surface area contributed by atoms with Crippen molar-refractivity contribution in [1.82, 2.24) is 9.99 Å². The molecule has 192 valence electrons. The summed E-state index contributed by atoms with van der Waals surface area (Å²) >= 11 is 5.55. The number of hydrogen-bond acceptors (Lipinski definition) is 7. The maximum atomic E-state index is 13.9. The number of benzene rings is 1. The minimum Gasteiger partial charge on any atom is -0.386 e. The number of nitrogens with zero attached hydrogens (tertiary/aromatic N) is 5. The average Bonchev–Trinajstić information content (AvgIpc) is 3.15. The smallest absolute Gasteiger partial charge is 0.148 e. The van der Waals surface area contributed by atoms with Gasteiger partial charge in [-0.3, -0.25) is 10.0 Å². The van der Waals surface area contributed by atoms with E-state index in [1.54, 1.807) is 43.7 Å². The second kappa shape index (κ2) is 19.1. The summed E-state index contributed by atoms with van der Waals surface area (Å²) in [7, 11) is 3.71. The fraction of sp³-hybridized carbons (Fsp3) is 0.346. The third-order valence-electron chi connectivity index (χ3n) is 4.66. The van der Waals surface area contributed by atoms with Gasteiger partial charge in [0.25, 0.3) is 0 Å².